The predicted octanol–water partition coefficient (Wildman–Crippen LogP) is 3.49. The maximum absolute atomic E-state index is 12.5. The highest BCUT2D eigenvalue weighted by Gasteiger charge is 2.28. The molecule has 3 N–H and O–H groups in total. The van der Waals surface area contributed by atoms with E-state index in [2.05, 4.69) is 5.32 Å². The van der Waals surface area contributed by atoms with Crippen LogP contribution in [0, 0.1) is 5.92 Å². The summed E-state index contributed by atoms with van der Waals surface area (Å²) in [5.74, 6) is -0.532. The highest BCUT2D eigenvalue weighted by atomic mass is 16.6. The zero-order valence-corrected chi connectivity index (χ0v) is 20.0. The van der Waals surface area contributed by atoms with Crippen LogP contribution in [0.15, 0.2) is 18.2 Å². The average Bonchev–Trinajstić information content (AvgIpc) is 2.65. The fourth-order valence-electron chi connectivity index (χ4n) is 2.85. The summed E-state index contributed by atoms with van der Waals surface area (Å²) >= 11 is 0. The SMILES string of the molecule is CCOc1cc([C@@H](N)CC(=O)OC(=O)[C@@H](CC(C)C)NC(=O)OC(C)(C)C)ccc1OC. The summed E-state index contributed by atoms with van der Waals surface area (Å²) in [7, 11) is 1.53. The Bertz CT molecular complexity index is 787. The molecule has 1 amide bonds. The van der Waals surface area contributed by atoms with Gasteiger partial charge in [0.1, 0.15) is 11.6 Å². The fraction of sp³-hybridized carbons (Fsp3) is 0.609. The minimum Gasteiger partial charge on any atom is -0.493 e. The second kappa shape index (κ2) is 12.3. The average molecular weight is 453 g/mol. The lowest BCUT2D eigenvalue weighted by Gasteiger charge is -2.23. The summed E-state index contributed by atoms with van der Waals surface area (Å²) < 4.78 is 20.9. The molecule has 0 saturated heterocycles. The molecular formula is C23H36N2O7. The smallest absolute Gasteiger partial charge is 0.408 e. The van der Waals surface area contributed by atoms with Gasteiger partial charge in [0, 0.05) is 6.04 Å². The van der Waals surface area contributed by atoms with Gasteiger partial charge in [-0.2, -0.15) is 0 Å². The second-order valence-corrected chi connectivity index (χ2v) is 8.78. The highest BCUT2D eigenvalue weighted by Crippen LogP contribution is 2.30. The van der Waals surface area contributed by atoms with Crippen molar-refractivity contribution < 1.29 is 33.3 Å². The van der Waals surface area contributed by atoms with Crippen LogP contribution < -0.4 is 20.5 Å². The number of rotatable bonds is 10. The van der Waals surface area contributed by atoms with Gasteiger partial charge in [-0.05, 0) is 57.7 Å². The lowest BCUT2D eigenvalue weighted by Crippen LogP contribution is -2.45. The van der Waals surface area contributed by atoms with Crippen molar-refractivity contribution in [2.75, 3.05) is 13.7 Å². The van der Waals surface area contributed by atoms with Crippen molar-refractivity contribution in [3.63, 3.8) is 0 Å². The first kappa shape index (κ1) is 27.2. The fourth-order valence-corrected chi connectivity index (χ4v) is 2.85. The number of nitrogens with two attached hydrogens (primary N) is 1. The van der Waals surface area contributed by atoms with Gasteiger partial charge in [-0.15, -0.1) is 0 Å². The normalized spacial score (nSPS) is 13.2. The molecule has 0 aromatic heterocycles. The molecule has 1 rings (SSSR count). The van der Waals surface area contributed by atoms with Gasteiger partial charge in [0.25, 0.3) is 0 Å². The largest absolute Gasteiger partial charge is 0.493 e. The molecule has 1 aromatic carbocycles. The van der Waals surface area contributed by atoms with Gasteiger partial charge in [-0.1, -0.05) is 19.9 Å². The first-order valence-corrected chi connectivity index (χ1v) is 10.7. The third-order valence-electron chi connectivity index (χ3n) is 4.20. The van der Waals surface area contributed by atoms with Crippen LogP contribution in [0.1, 0.15) is 66.0 Å². The van der Waals surface area contributed by atoms with Crippen LogP contribution in [0.2, 0.25) is 0 Å². The van der Waals surface area contributed by atoms with Gasteiger partial charge in [0.05, 0.1) is 20.1 Å². The van der Waals surface area contributed by atoms with Gasteiger partial charge in [-0.3, -0.25) is 4.79 Å². The van der Waals surface area contributed by atoms with Gasteiger partial charge < -0.3 is 30.0 Å². The summed E-state index contributed by atoms with van der Waals surface area (Å²) in [5, 5.41) is 2.48. The van der Waals surface area contributed by atoms with Gasteiger partial charge >= 0.3 is 18.0 Å². The Hall–Kier alpha value is -2.81. The molecule has 2 atom stereocenters. The summed E-state index contributed by atoms with van der Waals surface area (Å²) in [6.07, 6.45) is -0.705. The monoisotopic (exact) mass is 452 g/mol. The summed E-state index contributed by atoms with van der Waals surface area (Å²) in [6.45, 7) is 11.2. The van der Waals surface area contributed by atoms with Crippen LogP contribution in [0.5, 0.6) is 11.5 Å². The third kappa shape index (κ3) is 9.55. The van der Waals surface area contributed by atoms with Crippen molar-refractivity contribution in [3.8, 4) is 11.5 Å². The molecule has 9 heteroatoms. The molecular weight excluding hydrogens is 416 g/mol. The molecule has 0 unspecified atom stereocenters. The quantitative estimate of drug-likeness (QED) is 0.408. The van der Waals surface area contributed by atoms with E-state index in [1.54, 1.807) is 39.0 Å². The van der Waals surface area contributed by atoms with Crippen LogP contribution in [-0.4, -0.2) is 43.4 Å². The number of ether oxygens (including phenoxy) is 4. The van der Waals surface area contributed by atoms with Gasteiger partial charge in [-0.25, -0.2) is 9.59 Å². The van der Waals surface area contributed by atoms with Crippen molar-refractivity contribution in [1.29, 1.82) is 0 Å². The van der Waals surface area contributed by atoms with E-state index in [1.165, 1.54) is 7.11 Å². The number of methoxy groups -OCH3 is 1. The molecule has 0 aliphatic rings. The summed E-state index contributed by atoms with van der Waals surface area (Å²) in [6, 6.07) is 3.36. The number of carbonyl (C=O) groups excluding carboxylic acids is 3. The van der Waals surface area contributed by atoms with Crippen molar-refractivity contribution in [1.82, 2.24) is 5.32 Å². The van der Waals surface area contributed by atoms with Crippen molar-refractivity contribution in [3.05, 3.63) is 23.8 Å². The van der Waals surface area contributed by atoms with E-state index in [-0.39, 0.29) is 18.8 Å². The number of hydrogen-bond acceptors (Lipinski definition) is 8. The Morgan fingerprint density at radius 2 is 1.78 bits per heavy atom. The van der Waals surface area contributed by atoms with E-state index in [0.717, 1.165) is 0 Å². The van der Waals surface area contributed by atoms with Crippen molar-refractivity contribution >= 4 is 18.0 Å². The lowest BCUT2D eigenvalue weighted by molar-refractivity contribution is -0.161. The van der Waals surface area contributed by atoms with Gasteiger partial charge in [0.15, 0.2) is 11.5 Å². The number of amides is 1. The Balaban J connectivity index is 2.80. The van der Waals surface area contributed by atoms with E-state index in [0.29, 0.717) is 23.7 Å². The molecule has 9 nitrogen and oxygen atoms in total. The Kier molecular flexibility index (Phi) is 10.5. The van der Waals surface area contributed by atoms with Gasteiger partial charge in [0.2, 0.25) is 0 Å². The number of hydrogen-bond donors (Lipinski definition) is 2. The van der Waals surface area contributed by atoms with E-state index in [1.807, 2.05) is 20.8 Å². The number of carbonyl (C=O) groups is 3. The first-order valence-electron chi connectivity index (χ1n) is 10.7. The highest BCUT2D eigenvalue weighted by molar-refractivity contribution is 5.90. The minimum atomic E-state index is -1.02. The van der Waals surface area contributed by atoms with Crippen molar-refractivity contribution in [2.24, 2.45) is 11.7 Å². The molecule has 0 aliphatic carbocycles. The molecule has 0 heterocycles. The summed E-state index contributed by atoms with van der Waals surface area (Å²) in [4.78, 5) is 37.0. The molecule has 32 heavy (non-hydrogen) atoms. The van der Waals surface area contributed by atoms with E-state index >= 15 is 0 Å². The zero-order valence-electron chi connectivity index (χ0n) is 20.0. The van der Waals surface area contributed by atoms with Crippen LogP contribution in [-0.2, 0) is 19.1 Å². The zero-order chi connectivity index (χ0) is 24.5. The molecule has 0 aliphatic heterocycles. The van der Waals surface area contributed by atoms with Crippen LogP contribution in [0.4, 0.5) is 4.79 Å². The maximum atomic E-state index is 12.5. The van der Waals surface area contributed by atoms with Crippen molar-refractivity contribution in [2.45, 2.75) is 72.1 Å². The molecule has 0 bridgehead atoms. The van der Waals surface area contributed by atoms with Crippen LogP contribution in [0.25, 0.3) is 0 Å². The topological polar surface area (TPSA) is 126 Å². The van der Waals surface area contributed by atoms with Crippen LogP contribution in [0.3, 0.4) is 0 Å². The molecule has 180 valence electrons. The molecule has 0 saturated carbocycles. The lowest BCUT2D eigenvalue weighted by atomic mass is 10.0. The molecule has 0 fully saturated rings. The van der Waals surface area contributed by atoms with E-state index < -0.39 is 35.7 Å². The Morgan fingerprint density at radius 3 is 2.31 bits per heavy atom. The third-order valence-corrected chi connectivity index (χ3v) is 4.20. The van der Waals surface area contributed by atoms with Crippen LogP contribution >= 0.6 is 0 Å². The van der Waals surface area contributed by atoms with E-state index in [9.17, 15) is 14.4 Å². The Morgan fingerprint density at radius 1 is 1.12 bits per heavy atom. The predicted molar refractivity (Wildman–Crippen MR) is 119 cm³/mol. The first-order chi connectivity index (χ1) is 14.9. The number of alkyl carbamates (subject to hydrolysis) is 1. The standard InChI is InChI=1S/C23H36N2O7/c1-8-30-19-12-15(9-10-18(19)29-7)16(24)13-20(26)31-21(27)17(11-14(2)3)25-22(28)32-23(4,5)6/h9-10,12,14,16-17H,8,11,13,24H2,1-7H3,(H,25,28)/t16-,17+/m0/s1. The number of benzene rings is 1. The number of nitrogens with one attached hydrogen (secondary N) is 1. The molecule has 0 spiro atoms. The minimum absolute atomic E-state index is 0.0659. The number of esters is 2. The molecule has 0 radical (unpaired) electrons. The maximum Gasteiger partial charge on any atom is 0.408 e. The molecule has 1 aromatic rings. The second-order valence-electron chi connectivity index (χ2n) is 8.78. The Labute approximate surface area is 189 Å². The summed E-state index contributed by atoms with van der Waals surface area (Å²) in [5.41, 5.74) is 6.04. The van der Waals surface area contributed by atoms with E-state index in [4.69, 9.17) is 24.7 Å².